The number of primary amides is 1. The summed E-state index contributed by atoms with van der Waals surface area (Å²) in [6.07, 6.45) is 3.10. The largest absolute Gasteiger partial charge is 0.370 e. The smallest absolute Gasteiger partial charge is 0.218 e. The van der Waals surface area contributed by atoms with Gasteiger partial charge in [-0.3, -0.25) is 9.69 Å². The molecule has 1 amide bonds. The van der Waals surface area contributed by atoms with Crippen molar-refractivity contribution in [2.24, 2.45) is 5.73 Å². The van der Waals surface area contributed by atoms with Gasteiger partial charge in [0.25, 0.3) is 0 Å². The summed E-state index contributed by atoms with van der Waals surface area (Å²) < 4.78 is 0. The summed E-state index contributed by atoms with van der Waals surface area (Å²) in [4.78, 5) is 12.9. The minimum atomic E-state index is -0.235. The second-order valence-electron chi connectivity index (χ2n) is 4.17. The van der Waals surface area contributed by atoms with Gasteiger partial charge < -0.3 is 11.1 Å². The van der Waals surface area contributed by atoms with E-state index < -0.39 is 0 Å². The fraction of sp³-hybridized carbons (Fsp3) is 0.900. The van der Waals surface area contributed by atoms with E-state index in [0.29, 0.717) is 19.0 Å². The van der Waals surface area contributed by atoms with Crippen molar-refractivity contribution in [3.8, 4) is 0 Å². The molecular weight excluding hydrogens is 178 g/mol. The van der Waals surface area contributed by atoms with Crippen LogP contribution in [0.1, 0.15) is 26.2 Å². The van der Waals surface area contributed by atoms with Crippen molar-refractivity contribution in [1.82, 2.24) is 10.2 Å². The minimum Gasteiger partial charge on any atom is -0.370 e. The van der Waals surface area contributed by atoms with E-state index >= 15 is 0 Å². The van der Waals surface area contributed by atoms with Crippen LogP contribution in [0.25, 0.3) is 0 Å². The normalized spacial score (nSPS) is 18.5. The molecule has 1 fully saturated rings. The van der Waals surface area contributed by atoms with E-state index in [0.717, 1.165) is 12.6 Å². The molecule has 0 radical (unpaired) electrons. The minimum absolute atomic E-state index is 0.235. The predicted molar refractivity (Wildman–Crippen MR) is 56.9 cm³/mol. The second kappa shape index (κ2) is 5.32. The summed E-state index contributed by atoms with van der Waals surface area (Å²) in [5.41, 5.74) is 5.04. The Hall–Kier alpha value is -0.610. The molecule has 0 spiro atoms. The van der Waals surface area contributed by atoms with Crippen molar-refractivity contribution in [2.75, 3.05) is 20.1 Å². The zero-order valence-corrected chi connectivity index (χ0v) is 9.12. The molecule has 4 nitrogen and oxygen atoms in total. The van der Waals surface area contributed by atoms with E-state index in [4.69, 9.17) is 5.73 Å². The fourth-order valence-electron chi connectivity index (χ4n) is 1.51. The molecule has 0 bridgehead atoms. The molecule has 4 heteroatoms. The lowest BCUT2D eigenvalue weighted by atomic mass is 10.3. The van der Waals surface area contributed by atoms with E-state index in [1.54, 1.807) is 0 Å². The molecule has 1 saturated carbocycles. The number of hydrogen-bond donors (Lipinski definition) is 2. The van der Waals surface area contributed by atoms with Crippen LogP contribution < -0.4 is 11.1 Å². The van der Waals surface area contributed by atoms with Crippen molar-refractivity contribution in [2.45, 2.75) is 38.3 Å². The lowest BCUT2D eigenvalue weighted by molar-refractivity contribution is -0.117. The standard InChI is InChI=1S/C10H21N3O/c1-8(13(2)9-3-4-9)7-12-6-5-10(11)14/h8-9,12H,3-7H2,1-2H3,(H2,11,14). The summed E-state index contributed by atoms with van der Waals surface area (Å²) in [6, 6.07) is 1.33. The SMILES string of the molecule is CC(CNCCC(N)=O)N(C)C1CC1. The molecule has 14 heavy (non-hydrogen) atoms. The zero-order chi connectivity index (χ0) is 10.6. The van der Waals surface area contributed by atoms with Gasteiger partial charge in [-0.1, -0.05) is 0 Å². The highest BCUT2D eigenvalue weighted by molar-refractivity contribution is 5.73. The first kappa shape index (κ1) is 11.5. The maximum Gasteiger partial charge on any atom is 0.218 e. The zero-order valence-electron chi connectivity index (χ0n) is 9.12. The Balaban J connectivity index is 2.02. The van der Waals surface area contributed by atoms with Crippen molar-refractivity contribution in [3.05, 3.63) is 0 Å². The molecule has 3 N–H and O–H groups in total. The lowest BCUT2D eigenvalue weighted by Crippen LogP contribution is -2.39. The van der Waals surface area contributed by atoms with Gasteiger partial charge in [-0.2, -0.15) is 0 Å². The van der Waals surface area contributed by atoms with Crippen LogP contribution in [0.15, 0.2) is 0 Å². The predicted octanol–water partition coefficient (Wildman–Crippen LogP) is -0.0659. The first-order chi connectivity index (χ1) is 6.61. The fourth-order valence-corrected chi connectivity index (χ4v) is 1.51. The number of hydrogen-bond acceptors (Lipinski definition) is 3. The number of amides is 1. The number of carbonyl (C=O) groups excluding carboxylic acids is 1. The number of carbonyl (C=O) groups is 1. The molecular formula is C10H21N3O. The Morgan fingerprint density at radius 1 is 1.64 bits per heavy atom. The third-order valence-electron chi connectivity index (χ3n) is 2.81. The van der Waals surface area contributed by atoms with Crippen molar-refractivity contribution in [1.29, 1.82) is 0 Å². The number of nitrogens with zero attached hydrogens (tertiary/aromatic N) is 1. The Kier molecular flexibility index (Phi) is 4.35. The number of rotatable bonds is 7. The summed E-state index contributed by atoms with van der Waals surface area (Å²) in [7, 11) is 2.16. The molecule has 1 aliphatic rings. The quantitative estimate of drug-likeness (QED) is 0.564. The van der Waals surface area contributed by atoms with E-state index in [-0.39, 0.29) is 5.91 Å². The molecule has 1 aliphatic carbocycles. The van der Waals surface area contributed by atoms with Gasteiger partial charge >= 0.3 is 0 Å². The van der Waals surface area contributed by atoms with Gasteiger partial charge in [0.05, 0.1) is 0 Å². The molecule has 82 valence electrons. The number of nitrogens with two attached hydrogens (primary N) is 1. The van der Waals surface area contributed by atoms with Gasteiger partial charge in [0, 0.05) is 31.6 Å². The van der Waals surface area contributed by atoms with Crippen molar-refractivity contribution < 1.29 is 4.79 Å². The highest BCUT2D eigenvalue weighted by Crippen LogP contribution is 2.26. The van der Waals surface area contributed by atoms with E-state index in [9.17, 15) is 4.79 Å². The van der Waals surface area contributed by atoms with Crippen LogP contribution >= 0.6 is 0 Å². The monoisotopic (exact) mass is 199 g/mol. The summed E-state index contributed by atoms with van der Waals surface area (Å²) in [5.74, 6) is -0.235. The molecule has 0 aromatic carbocycles. The maximum absolute atomic E-state index is 10.5. The first-order valence-electron chi connectivity index (χ1n) is 5.32. The van der Waals surface area contributed by atoms with Crippen LogP contribution in [0.2, 0.25) is 0 Å². The molecule has 1 unspecified atom stereocenters. The molecule has 1 atom stereocenters. The van der Waals surface area contributed by atoms with Crippen LogP contribution in [-0.4, -0.2) is 43.0 Å². The molecule has 0 aromatic heterocycles. The highest BCUT2D eigenvalue weighted by atomic mass is 16.1. The molecule has 0 aliphatic heterocycles. The third kappa shape index (κ3) is 4.07. The number of nitrogens with one attached hydrogen (secondary N) is 1. The molecule has 0 heterocycles. The van der Waals surface area contributed by atoms with E-state index in [1.807, 2.05) is 0 Å². The van der Waals surface area contributed by atoms with Crippen molar-refractivity contribution >= 4 is 5.91 Å². The van der Waals surface area contributed by atoms with Crippen LogP contribution in [-0.2, 0) is 4.79 Å². The Bertz CT molecular complexity index is 192. The van der Waals surface area contributed by atoms with Crippen LogP contribution in [0.5, 0.6) is 0 Å². The molecule has 0 aromatic rings. The summed E-state index contributed by atoms with van der Waals surface area (Å²) in [6.45, 7) is 3.83. The van der Waals surface area contributed by atoms with Gasteiger partial charge in [0.1, 0.15) is 0 Å². The van der Waals surface area contributed by atoms with Crippen LogP contribution in [0, 0.1) is 0 Å². The van der Waals surface area contributed by atoms with E-state index in [1.165, 1.54) is 12.8 Å². The van der Waals surface area contributed by atoms with Gasteiger partial charge in [-0.25, -0.2) is 0 Å². The van der Waals surface area contributed by atoms with Gasteiger partial charge in [-0.15, -0.1) is 0 Å². The summed E-state index contributed by atoms with van der Waals surface area (Å²) >= 11 is 0. The van der Waals surface area contributed by atoms with Gasteiger partial charge in [0.2, 0.25) is 5.91 Å². The maximum atomic E-state index is 10.5. The van der Waals surface area contributed by atoms with E-state index in [2.05, 4.69) is 24.2 Å². The average Bonchev–Trinajstić information content (AvgIpc) is 2.93. The average molecular weight is 199 g/mol. The van der Waals surface area contributed by atoms with Crippen LogP contribution in [0.3, 0.4) is 0 Å². The molecule has 1 rings (SSSR count). The van der Waals surface area contributed by atoms with Gasteiger partial charge in [0.15, 0.2) is 0 Å². The molecule has 0 saturated heterocycles. The third-order valence-corrected chi connectivity index (χ3v) is 2.81. The van der Waals surface area contributed by atoms with Gasteiger partial charge in [-0.05, 0) is 26.8 Å². The first-order valence-corrected chi connectivity index (χ1v) is 5.32. The Morgan fingerprint density at radius 3 is 2.79 bits per heavy atom. The summed E-state index contributed by atoms with van der Waals surface area (Å²) in [5, 5.41) is 3.24. The Morgan fingerprint density at radius 2 is 2.29 bits per heavy atom. The number of likely N-dealkylation sites (N-methyl/N-ethyl adjacent to an activating group) is 1. The van der Waals surface area contributed by atoms with Crippen molar-refractivity contribution in [3.63, 3.8) is 0 Å². The highest BCUT2D eigenvalue weighted by Gasteiger charge is 2.28. The van der Waals surface area contributed by atoms with Crippen LogP contribution in [0.4, 0.5) is 0 Å². The lowest BCUT2D eigenvalue weighted by Gasteiger charge is -2.24. The Labute approximate surface area is 85.8 Å². The second-order valence-corrected chi connectivity index (χ2v) is 4.17. The topological polar surface area (TPSA) is 58.4 Å².